The zero-order valence-electron chi connectivity index (χ0n) is 18.4. The van der Waals surface area contributed by atoms with Gasteiger partial charge in [0.05, 0.1) is 17.8 Å². The molecule has 2 aromatic heterocycles. The Morgan fingerprint density at radius 3 is 2.45 bits per heavy atom. The Labute approximate surface area is 170 Å². The second-order valence-electron chi connectivity index (χ2n) is 9.18. The van der Waals surface area contributed by atoms with Gasteiger partial charge in [0.25, 0.3) is 11.5 Å². The third-order valence-electron chi connectivity index (χ3n) is 5.41. The van der Waals surface area contributed by atoms with Crippen LogP contribution < -0.4 is 10.9 Å². The van der Waals surface area contributed by atoms with Gasteiger partial charge in [0.15, 0.2) is 0 Å². The van der Waals surface area contributed by atoms with Crippen molar-refractivity contribution in [1.29, 1.82) is 0 Å². The van der Waals surface area contributed by atoms with Crippen LogP contribution in [0, 0.1) is 0 Å². The van der Waals surface area contributed by atoms with E-state index in [-0.39, 0.29) is 48.0 Å². The summed E-state index contributed by atoms with van der Waals surface area (Å²) in [5, 5.41) is 7.39. The van der Waals surface area contributed by atoms with Crippen LogP contribution in [0.2, 0.25) is 0 Å². The second-order valence-corrected chi connectivity index (χ2v) is 9.18. The van der Waals surface area contributed by atoms with Crippen LogP contribution in [0.5, 0.6) is 0 Å². The highest BCUT2D eigenvalue weighted by Crippen LogP contribution is 2.27. The Morgan fingerprint density at radius 1 is 1.24 bits per heavy atom. The molecule has 0 aromatic carbocycles. The molecule has 2 aromatic rings. The van der Waals surface area contributed by atoms with Gasteiger partial charge in [-0.25, -0.2) is 0 Å². The lowest BCUT2D eigenvalue weighted by molar-refractivity contribution is -0.122. The average molecular weight is 402 g/mol. The summed E-state index contributed by atoms with van der Waals surface area (Å²) in [6, 6.07) is 1.79. The summed E-state index contributed by atoms with van der Waals surface area (Å²) in [4.78, 5) is 40.7. The van der Waals surface area contributed by atoms with Crippen molar-refractivity contribution in [2.75, 3.05) is 0 Å². The van der Waals surface area contributed by atoms with E-state index in [0.717, 1.165) is 12.1 Å². The van der Waals surface area contributed by atoms with Crippen molar-refractivity contribution in [1.82, 2.24) is 24.4 Å². The average Bonchev–Trinajstić information content (AvgIpc) is 3.20. The molecule has 8 heteroatoms. The summed E-state index contributed by atoms with van der Waals surface area (Å²) < 4.78 is 3.00. The highest BCUT2D eigenvalue weighted by atomic mass is 16.2. The summed E-state index contributed by atoms with van der Waals surface area (Å²) >= 11 is 0. The molecule has 29 heavy (non-hydrogen) atoms. The fourth-order valence-corrected chi connectivity index (χ4v) is 3.60. The normalized spacial score (nSPS) is 15.3. The molecule has 0 saturated heterocycles. The Bertz CT molecular complexity index is 1030. The number of rotatable bonds is 5. The van der Waals surface area contributed by atoms with Crippen molar-refractivity contribution in [3.05, 3.63) is 33.4 Å². The minimum atomic E-state index is -0.287. The Morgan fingerprint density at radius 2 is 1.90 bits per heavy atom. The van der Waals surface area contributed by atoms with Gasteiger partial charge in [0.2, 0.25) is 5.91 Å². The number of hydrogen-bond acceptors (Lipinski definition) is 4. The molecule has 3 heterocycles. The monoisotopic (exact) mass is 401 g/mol. The predicted molar refractivity (Wildman–Crippen MR) is 111 cm³/mol. The van der Waals surface area contributed by atoms with Crippen molar-refractivity contribution < 1.29 is 9.59 Å². The third-order valence-corrected chi connectivity index (χ3v) is 5.41. The number of nitrogens with zero attached hydrogens (tertiary/aromatic N) is 4. The van der Waals surface area contributed by atoms with Crippen LogP contribution in [0.1, 0.15) is 76.6 Å². The number of carbonyl (C=O) groups excluding carboxylic acids is 2. The highest BCUT2D eigenvalue weighted by Gasteiger charge is 2.37. The number of fused-ring (bicyclic) bond motifs is 2. The molecule has 1 aliphatic rings. The molecule has 0 saturated carbocycles. The molecule has 0 aliphatic carbocycles. The van der Waals surface area contributed by atoms with Crippen LogP contribution in [0.15, 0.2) is 10.9 Å². The van der Waals surface area contributed by atoms with E-state index in [9.17, 15) is 14.4 Å². The minimum Gasteiger partial charge on any atom is -0.352 e. The summed E-state index contributed by atoms with van der Waals surface area (Å²) in [5.74, 6) is -0.411. The van der Waals surface area contributed by atoms with Gasteiger partial charge >= 0.3 is 0 Å². The summed E-state index contributed by atoms with van der Waals surface area (Å²) in [6.45, 7) is 14.0. The van der Waals surface area contributed by atoms with Gasteiger partial charge in [-0.2, -0.15) is 9.61 Å². The first kappa shape index (κ1) is 21.1. The SMILES string of the molecule is CC[C@@H](C)N1Cc2c(n(CC(=O)NC(C)C)c3cc(C(C)(C)C)nn3c2=O)C1=O. The summed E-state index contributed by atoms with van der Waals surface area (Å²) in [5.41, 5.74) is 1.36. The minimum absolute atomic E-state index is 0.00435. The summed E-state index contributed by atoms with van der Waals surface area (Å²) in [7, 11) is 0. The van der Waals surface area contributed by atoms with Crippen LogP contribution in [0.25, 0.3) is 5.65 Å². The van der Waals surface area contributed by atoms with E-state index in [4.69, 9.17) is 0 Å². The van der Waals surface area contributed by atoms with Gasteiger partial charge < -0.3 is 14.8 Å². The van der Waals surface area contributed by atoms with Gasteiger partial charge in [-0.3, -0.25) is 14.4 Å². The molecule has 1 atom stereocenters. The van der Waals surface area contributed by atoms with E-state index in [2.05, 4.69) is 10.4 Å². The molecule has 1 N–H and O–H groups in total. The van der Waals surface area contributed by atoms with Crippen LogP contribution in [-0.2, 0) is 23.3 Å². The van der Waals surface area contributed by atoms with Gasteiger partial charge in [0.1, 0.15) is 17.9 Å². The van der Waals surface area contributed by atoms with Gasteiger partial charge in [0, 0.05) is 23.6 Å². The molecule has 8 nitrogen and oxygen atoms in total. The van der Waals surface area contributed by atoms with Crippen molar-refractivity contribution >= 4 is 17.5 Å². The second kappa shape index (κ2) is 7.31. The van der Waals surface area contributed by atoms with E-state index in [0.29, 0.717) is 16.9 Å². The molecular formula is C21H31N5O3. The number of amides is 2. The van der Waals surface area contributed by atoms with E-state index in [1.807, 2.05) is 54.5 Å². The first-order chi connectivity index (χ1) is 13.5. The van der Waals surface area contributed by atoms with E-state index in [1.54, 1.807) is 9.47 Å². The Balaban J connectivity index is 2.25. The molecule has 0 unspecified atom stereocenters. The highest BCUT2D eigenvalue weighted by molar-refractivity contribution is 5.98. The predicted octanol–water partition coefficient (Wildman–Crippen LogP) is 2.07. The Kier molecular flexibility index (Phi) is 5.32. The van der Waals surface area contributed by atoms with Crippen LogP contribution in [-0.4, -0.2) is 43.0 Å². The molecule has 158 valence electrons. The molecule has 2 amide bonds. The number of aromatic nitrogens is 3. The van der Waals surface area contributed by atoms with Crippen LogP contribution >= 0.6 is 0 Å². The summed E-state index contributed by atoms with van der Waals surface area (Å²) in [6.07, 6.45) is 0.785. The van der Waals surface area contributed by atoms with Gasteiger partial charge in [-0.05, 0) is 27.2 Å². The van der Waals surface area contributed by atoms with Crippen molar-refractivity contribution in [2.45, 2.75) is 85.5 Å². The molecule has 0 radical (unpaired) electrons. The zero-order valence-corrected chi connectivity index (χ0v) is 18.4. The van der Waals surface area contributed by atoms with Crippen molar-refractivity contribution in [3.63, 3.8) is 0 Å². The van der Waals surface area contributed by atoms with Crippen LogP contribution in [0.4, 0.5) is 0 Å². The smallest absolute Gasteiger partial charge is 0.280 e. The molecule has 3 rings (SSSR count). The maximum atomic E-state index is 13.2. The lowest BCUT2D eigenvalue weighted by atomic mass is 9.93. The van der Waals surface area contributed by atoms with E-state index >= 15 is 0 Å². The fraction of sp³-hybridized carbons (Fsp3) is 0.619. The number of carbonyl (C=O) groups is 2. The third kappa shape index (κ3) is 3.68. The fourth-order valence-electron chi connectivity index (χ4n) is 3.60. The maximum Gasteiger partial charge on any atom is 0.280 e. The van der Waals surface area contributed by atoms with Crippen molar-refractivity contribution in [2.24, 2.45) is 0 Å². The lowest BCUT2D eigenvalue weighted by Crippen LogP contribution is -2.36. The number of nitrogens with one attached hydrogen (secondary N) is 1. The molecule has 0 spiro atoms. The topological polar surface area (TPSA) is 88.7 Å². The van der Waals surface area contributed by atoms with E-state index < -0.39 is 0 Å². The Hall–Kier alpha value is -2.64. The zero-order chi connectivity index (χ0) is 21.7. The molecular weight excluding hydrogens is 370 g/mol. The lowest BCUT2D eigenvalue weighted by Gasteiger charge is -2.22. The standard InChI is InChI=1S/C21H31N5O3/c1-8-13(4)24-10-14-18(20(24)29)25(11-16(27)22-12(2)3)17-9-15(21(5,6)7)23-26(17)19(14)28/h9,12-13H,8,10-11H2,1-7H3,(H,22,27)/t13-/m1/s1. The molecule has 0 bridgehead atoms. The van der Waals surface area contributed by atoms with E-state index in [1.165, 1.54) is 4.52 Å². The van der Waals surface area contributed by atoms with Gasteiger partial charge in [-0.15, -0.1) is 0 Å². The largest absolute Gasteiger partial charge is 0.352 e. The van der Waals surface area contributed by atoms with Crippen molar-refractivity contribution in [3.8, 4) is 0 Å². The number of hydrogen-bond donors (Lipinski definition) is 1. The molecule has 1 aliphatic heterocycles. The van der Waals surface area contributed by atoms with Gasteiger partial charge in [-0.1, -0.05) is 27.7 Å². The first-order valence-corrected chi connectivity index (χ1v) is 10.2. The molecule has 0 fully saturated rings. The first-order valence-electron chi connectivity index (χ1n) is 10.2. The quantitative estimate of drug-likeness (QED) is 0.831. The maximum absolute atomic E-state index is 13.2. The van der Waals surface area contributed by atoms with Crippen LogP contribution in [0.3, 0.4) is 0 Å².